The number of hydrogen-bond acceptors (Lipinski definition) is 4. The third-order valence-corrected chi connectivity index (χ3v) is 3.81. The van der Waals surface area contributed by atoms with Crippen LogP contribution in [0.5, 0.6) is 0 Å². The van der Waals surface area contributed by atoms with Crippen LogP contribution in [0.2, 0.25) is 0 Å². The number of pyridine rings is 1. The van der Waals surface area contributed by atoms with E-state index in [4.69, 9.17) is 5.26 Å². The van der Waals surface area contributed by atoms with Gasteiger partial charge in [0.05, 0.1) is 22.9 Å². The summed E-state index contributed by atoms with van der Waals surface area (Å²) < 4.78 is 0. The molecule has 5 nitrogen and oxygen atoms in total. The quantitative estimate of drug-likeness (QED) is 0.786. The Kier molecular flexibility index (Phi) is 4.72. The number of rotatable bonds is 4. The Morgan fingerprint density at radius 2 is 1.84 bits per heavy atom. The van der Waals surface area contributed by atoms with Crippen molar-refractivity contribution in [3.8, 4) is 6.07 Å². The molecule has 1 heterocycles. The number of nitrogens with zero attached hydrogens (tertiary/aromatic N) is 3. The molecule has 0 aliphatic rings. The standard InChI is InChI=1S/C20H16N4O/c1-24(17-9-11-22-12-10-17)19-8-3-2-7-18(19)20(25)23-16-6-4-5-15(13-16)14-21/h2-13H,1H3,(H,23,25). The van der Waals surface area contributed by atoms with Crippen LogP contribution in [0.1, 0.15) is 15.9 Å². The smallest absolute Gasteiger partial charge is 0.257 e. The van der Waals surface area contributed by atoms with E-state index < -0.39 is 0 Å². The first-order valence-electron chi connectivity index (χ1n) is 7.73. The lowest BCUT2D eigenvalue weighted by Crippen LogP contribution is -2.18. The summed E-state index contributed by atoms with van der Waals surface area (Å²) >= 11 is 0. The number of benzene rings is 2. The van der Waals surface area contributed by atoms with Gasteiger partial charge in [-0.3, -0.25) is 9.78 Å². The highest BCUT2D eigenvalue weighted by Crippen LogP contribution is 2.27. The van der Waals surface area contributed by atoms with Gasteiger partial charge in [-0.05, 0) is 42.5 Å². The molecule has 1 aromatic heterocycles. The van der Waals surface area contributed by atoms with Gasteiger partial charge >= 0.3 is 0 Å². The number of carbonyl (C=O) groups is 1. The lowest BCUT2D eigenvalue weighted by Gasteiger charge is -2.22. The van der Waals surface area contributed by atoms with Crippen LogP contribution in [0.15, 0.2) is 73.1 Å². The summed E-state index contributed by atoms with van der Waals surface area (Å²) in [5.41, 5.74) is 3.35. The summed E-state index contributed by atoms with van der Waals surface area (Å²) in [6, 6.07) is 20.0. The molecule has 1 N–H and O–H groups in total. The predicted molar refractivity (Wildman–Crippen MR) is 97.9 cm³/mol. The molecule has 0 saturated carbocycles. The lowest BCUT2D eigenvalue weighted by atomic mass is 10.1. The van der Waals surface area contributed by atoms with Gasteiger partial charge in [0.25, 0.3) is 5.91 Å². The van der Waals surface area contributed by atoms with Crippen LogP contribution < -0.4 is 10.2 Å². The summed E-state index contributed by atoms with van der Waals surface area (Å²) in [5.74, 6) is -0.230. The molecule has 0 fully saturated rings. The van der Waals surface area contributed by atoms with E-state index in [0.717, 1.165) is 11.4 Å². The number of carbonyl (C=O) groups excluding carboxylic acids is 1. The van der Waals surface area contributed by atoms with Gasteiger partial charge < -0.3 is 10.2 Å². The molecular weight excluding hydrogens is 312 g/mol. The second kappa shape index (κ2) is 7.28. The van der Waals surface area contributed by atoms with E-state index in [1.807, 2.05) is 42.3 Å². The van der Waals surface area contributed by atoms with Crippen molar-refractivity contribution in [3.05, 3.63) is 84.2 Å². The first-order chi connectivity index (χ1) is 12.2. The number of para-hydroxylation sites is 1. The SMILES string of the molecule is CN(c1ccncc1)c1ccccc1C(=O)Nc1cccc(C#N)c1. The third kappa shape index (κ3) is 3.65. The molecule has 2 aromatic carbocycles. The summed E-state index contributed by atoms with van der Waals surface area (Å²) in [7, 11) is 1.90. The molecular formula is C20H16N4O. The van der Waals surface area contributed by atoms with Gasteiger partial charge in [0.15, 0.2) is 0 Å². The van der Waals surface area contributed by atoms with Crippen molar-refractivity contribution in [2.75, 3.05) is 17.3 Å². The Labute approximate surface area is 146 Å². The fraction of sp³-hybridized carbons (Fsp3) is 0.0500. The Hall–Kier alpha value is -3.65. The molecule has 0 aliphatic carbocycles. The van der Waals surface area contributed by atoms with E-state index in [1.165, 1.54) is 0 Å². The number of anilines is 3. The van der Waals surface area contributed by atoms with Crippen molar-refractivity contribution >= 4 is 23.0 Å². The van der Waals surface area contributed by atoms with E-state index in [1.54, 1.807) is 42.7 Å². The molecule has 3 rings (SSSR count). The van der Waals surface area contributed by atoms with Crippen molar-refractivity contribution < 1.29 is 4.79 Å². The molecule has 0 spiro atoms. The van der Waals surface area contributed by atoms with Crippen LogP contribution in [0, 0.1) is 11.3 Å². The zero-order valence-corrected chi connectivity index (χ0v) is 13.7. The maximum Gasteiger partial charge on any atom is 0.257 e. The second-order valence-electron chi connectivity index (χ2n) is 5.43. The second-order valence-corrected chi connectivity index (χ2v) is 5.43. The van der Waals surface area contributed by atoms with Gasteiger partial charge in [-0.2, -0.15) is 5.26 Å². The minimum atomic E-state index is -0.230. The van der Waals surface area contributed by atoms with Crippen LogP contribution in [0.25, 0.3) is 0 Å². The highest BCUT2D eigenvalue weighted by atomic mass is 16.1. The van der Waals surface area contributed by atoms with E-state index in [-0.39, 0.29) is 5.91 Å². The van der Waals surface area contributed by atoms with Gasteiger partial charge in [0, 0.05) is 30.8 Å². The number of hydrogen-bond donors (Lipinski definition) is 1. The Morgan fingerprint density at radius 3 is 2.60 bits per heavy atom. The van der Waals surface area contributed by atoms with Gasteiger partial charge in [-0.25, -0.2) is 0 Å². The molecule has 0 atom stereocenters. The largest absolute Gasteiger partial charge is 0.344 e. The Balaban J connectivity index is 1.90. The number of nitrogens with one attached hydrogen (secondary N) is 1. The summed E-state index contributed by atoms with van der Waals surface area (Å²) in [5, 5.41) is 11.8. The van der Waals surface area contributed by atoms with Crippen molar-refractivity contribution in [3.63, 3.8) is 0 Å². The summed E-state index contributed by atoms with van der Waals surface area (Å²) in [6.45, 7) is 0. The molecule has 0 saturated heterocycles. The zero-order valence-electron chi connectivity index (χ0n) is 13.7. The molecule has 0 radical (unpaired) electrons. The molecule has 122 valence electrons. The van der Waals surface area contributed by atoms with E-state index in [2.05, 4.69) is 16.4 Å². The Bertz CT molecular complexity index is 932. The third-order valence-electron chi connectivity index (χ3n) is 3.81. The summed E-state index contributed by atoms with van der Waals surface area (Å²) in [4.78, 5) is 18.7. The normalized spacial score (nSPS) is 9.92. The maximum atomic E-state index is 12.7. The van der Waals surface area contributed by atoms with Crippen LogP contribution in [-0.4, -0.2) is 17.9 Å². The van der Waals surface area contributed by atoms with Gasteiger partial charge in [-0.15, -0.1) is 0 Å². The van der Waals surface area contributed by atoms with E-state index >= 15 is 0 Å². The van der Waals surface area contributed by atoms with Crippen LogP contribution in [0.3, 0.4) is 0 Å². The molecule has 0 bridgehead atoms. The molecule has 5 heteroatoms. The van der Waals surface area contributed by atoms with Gasteiger partial charge in [-0.1, -0.05) is 18.2 Å². The molecule has 0 unspecified atom stereocenters. The van der Waals surface area contributed by atoms with Crippen molar-refractivity contribution in [1.82, 2.24) is 4.98 Å². The topological polar surface area (TPSA) is 69.0 Å². The lowest BCUT2D eigenvalue weighted by molar-refractivity contribution is 0.102. The summed E-state index contributed by atoms with van der Waals surface area (Å²) in [6.07, 6.45) is 3.42. The van der Waals surface area contributed by atoms with E-state index in [9.17, 15) is 4.79 Å². The highest BCUT2D eigenvalue weighted by Gasteiger charge is 2.15. The van der Waals surface area contributed by atoms with Crippen molar-refractivity contribution in [2.24, 2.45) is 0 Å². The molecule has 25 heavy (non-hydrogen) atoms. The fourth-order valence-electron chi connectivity index (χ4n) is 2.53. The van der Waals surface area contributed by atoms with Crippen molar-refractivity contribution in [1.29, 1.82) is 5.26 Å². The fourth-order valence-corrected chi connectivity index (χ4v) is 2.53. The minimum absolute atomic E-state index is 0.230. The number of amides is 1. The highest BCUT2D eigenvalue weighted by molar-refractivity contribution is 6.08. The zero-order chi connectivity index (χ0) is 17.6. The average molecular weight is 328 g/mol. The van der Waals surface area contributed by atoms with Gasteiger partial charge in [0.1, 0.15) is 0 Å². The first-order valence-corrected chi connectivity index (χ1v) is 7.73. The first kappa shape index (κ1) is 16.2. The van der Waals surface area contributed by atoms with E-state index in [0.29, 0.717) is 16.8 Å². The van der Waals surface area contributed by atoms with Crippen LogP contribution in [-0.2, 0) is 0 Å². The van der Waals surface area contributed by atoms with Crippen LogP contribution in [0.4, 0.5) is 17.1 Å². The number of nitriles is 1. The van der Waals surface area contributed by atoms with Gasteiger partial charge in [0.2, 0.25) is 0 Å². The Morgan fingerprint density at radius 1 is 1.08 bits per heavy atom. The number of aromatic nitrogens is 1. The molecule has 1 amide bonds. The molecule has 3 aromatic rings. The monoisotopic (exact) mass is 328 g/mol. The predicted octanol–water partition coefficient (Wildman–Crippen LogP) is 3.97. The molecule has 0 aliphatic heterocycles. The average Bonchev–Trinajstić information content (AvgIpc) is 2.68. The minimum Gasteiger partial charge on any atom is -0.344 e. The van der Waals surface area contributed by atoms with Crippen LogP contribution >= 0.6 is 0 Å². The van der Waals surface area contributed by atoms with Crippen molar-refractivity contribution in [2.45, 2.75) is 0 Å². The maximum absolute atomic E-state index is 12.7.